The SMILES string of the molecule is CCCCl.CCOP(O)(O)=S. The molecular weight excluding hydrogens is 207 g/mol. The molecule has 0 aliphatic rings. The fourth-order valence-electron chi connectivity index (χ4n) is 0.168. The monoisotopic (exact) mass is 220 g/mol. The molecule has 0 aliphatic carbocycles. The maximum Gasteiger partial charge on any atom is 0.321 e. The predicted molar refractivity (Wildman–Crippen MR) is 51.4 cm³/mol. The van der Waals surface area contributed by atoms with Gasteiger partial charge in [-0.15, -0.1) is 11.6 Å². The molecule has 0 saturated heterocycles. The highest BCUT2D eigenvalue weighted by atomic mass is 35.5. The van der Waals surface area contributed by atoms with Crippen LogP contribution in [0.2, 0.25) is 0 Å². The molecule has 2 N–H and O–H groups in total. The lowest BCUT2D eigenvalue weighted by molar-refractivity contribution is 0.265. The molecule has 0 atom stereocenters. The van der Waals surface area contributed by atoms with Gasteiger partial charge in [-0.3, -0.25) is 0 Å². The van der Waals surface area contributed by atoms with Crippen molar-refractivity contribution in [2.24, 2.45) is 0 Å². The Kier molecular flexibility index (Phi) is 11.6. The Morgan fingerprint density at radius 3 is 1.82 bits per heavy atom. The van der Waals surface area contributed by atoms with Gasteiger partial charge < -0.3 is 14.3 Å². The molecule has 0 aliphatic heterocycles. The standard InChI is InChI=1S/C3H7Cl.C2H7O3PS/c1-2-3-4;1-2-5-6(3,4)7/h2-3H2,1H3;2H2,1H3,(H2,3,4,7). The fraction of sp³-hybridized carbons (Fsp3) is 1.00. The summed E-state index contributed by atoms with van der Waals surface area (Å²) >= 11 is 9.27. The summed E-state index contributed by atoms with van der Waals surface area (Å²) in [4.78, 5) is 16.6. The molecule has 0 heterocycles. The molecule has 0 rings (SSSR count). The van der Waals surface area contributed by atoms with Crippen LogP contribution in [0, 0.1) is 0 Å². The van der Waals surface area contributed by atoms with E-state index in [1.165, 1.54) is 0 Å². The quantitative estimate of drug-likeness (QED) is 0.563. The first-order valence-electron chi connectivity index (χ1n) is 3.24. The average molecular weight is 221 g/mol. The van der Waals surface area contributed by atoms with Gasteiger partial charge in [-0.05, 0) is 25.2 Å². The summed E-state index contributed by atoms with van der Waals surface area (Å²) in [5.41, 5.74) is 0. The van der Waals surface area contributed by atoms with E-state index in [1.807, 2.05) is 6.92 Å². The number of alkyl halides is 1. The lowest BCUT2D eigenvalue weighted by atomic mass is 10.6. The summed E-state index contributed by atoms with van der Waals surface area (Å²) in [6, 6.07) is 0. The molecule has 0 amide bonds. The molecule has 3 nitrogen and oxygen atoms in total. The minimum absolute atomic E-state index is 0.254. The highest BCUT2D eigenvalue weighted by molar-refractivity contribution is 8.06. The summed E-state index contributed by atoms with van der Waals surface area (Å²) in [6.45, 7) is 0.617. The molecule has 0 spiro atoms. The topological polar surface area (TPSA) is 49.7 Å². The van der Waals surface area contributed by atoms with Crippen molar-refractivity contribution >= 4 is 30.1 Å². The normalized spacial score (nSPS) is 10.3. The molecular formula is C5H14ClO3PS. The maximum absolute atomic E-state index is 8.28. The van der Waals surface area contributed by atoms with Crippen molar-refractivity contribution in [3.05, 3.63) is 0 Å². The zero-order valence-corrected chi connectivity index (χ0v) is 9.12. The van der Waals surface area contributed by atoms with E-state index in [0.29, 0.717) is 0 Å². The summed E-state index contributed by atoms with van der Waals surface area (Å²) in [7, 11) is 0. The van der Waals surface area contributed by atoms with E-state index in [4.69, 9.17) is 21.4 Å². The summed E-state index contributed by atoms with van der Waals surface area (Å²) in [5, 5.41) is 0. The first-order chi connectivity index (χ1) is 4.97. The molecule has 0 aromatic carbocycles. The van der Waals surface area contributed by atoms with Gasteiger partial charge in [0.15, 0.2) is 0 Å². The van der Waals surface area contributed by atoms with Crippen LogP contribution in [0.25, 0.3) is 0 Å². The molecule has 0 aromatic heterocycles. The summed E-state index contributed by atoms with van der Waals surface area (Å²) in [6.07, 6.45) is 1.08. The zero-order valence-electron chi connectivity index (χ0n) is 6.66. The van der Waals surface area contributed by atoms with Crippen molar-refractivity contribution < 1.29 is 14.3 Å². The van der Waals surface area contributed by atoms with E-state index in [9.17, 15) is 0 Å². The van der Waals surface area contributed by atoms with E-state index in [-0.39, 0.29) is 6.61 Å². The number of hydrogen-bond donors (Lipinski definition) is 2. The van der Waals surface area contributed by atoms with E-state index in [2.05, 4.69) is 16.3 Å². The van der Waals surface area contributed by atoms with Gasteiger partial charge in [0.1, 0.15) is 0 Å². The van der Waals surface area contributed by atoms with Crippen LogP contribution in [-0.4, -0.2) is 22.3 Å². The van der Waals surface area contributed by atoms with Gasteiger partial charge in [0, 0.05) is 5.88 Å². The van der Waals surface area contributed by atoms with E-state index in [0.717, 1.165) is 12.3 Å². The minimum atomic E-state index is -3.33. The molecule has 70 valence electrons. The van der Waals surface area contributed by atoms with Crippen molar-refractivity contribution in [1.29, 1.82) is 0 Å². The Balaban J connectivity index is 0. The van der Waals surface area contributed by atoms with E-state index in [1.54, 1.807) is 6.92 Å². The number of halogens is 1. The Bertz CT molecular complexity index is 114. The Hall–Kier alpha value is 0.820. The third kappa shape index (κ3) is 24.8. The van der Waals surface area contributed by atoms with Crippen LogP contribution in [0.4, 0.5) is 0 Å². The highest BCUT2D eigenvalue weighted by Crippen LogP contribution is 2.35. The summed E-state index contributed by atoms with van der Waals surface area (Å²) in [5.74, 6) is 0.792. The lowest BCUT2D eigenvalue weighted by Gasteiger charge is -2.02. The smallest absolute Gasteiger partial charge is 0.321 e. The molecule has 11 heavy (non-hydrogen) atoms. The largest absolute Gasteiger partial charge is 0.325 e. The van der Waals surface area contributed by atoms with Gasteiger partial charge in [0.2, 0.25) is 0 Å². The van der Waals surface area contributed by atoms with Crippen LogP contribution in [0.15, 0.2) is 0 Å². The third-order valence-corrected chi connectivity index (χ3v) is 1.77. The minimum Gasteiger partial charge on any atom is -0.325 e. The maximum atomic E-state index is 8.28. The highest BCUT2D eigenvalue weighted by Gasteiger charge is 2.03. The van der Waals surface area contributed by atoms with Crippen molar-refractivity contribution in [2.75, 3.05) is 12.5 Å². The number of hydrogen-bond acceptors (Lipinski definition) is 2. The number of rotatable bonds is 3. The fourth-order valence-corrected chi connectivity index (χ4v) is 0.821. The Morgan fingerprint density at radius 2 is 1.82 bits per heavy atom. The Morgan fingerprint density at radius 1 is 1.45 bits per heavy atom. The molecule has 0 fully saturated rings. The second-order valence-electron chi connectivity index (χ2n) is 1.60. The van der Waals surface area contributed by atoms with Gasteiger partial charge in [-0.2, -0.15) is 0 Å². The second kappa shape index (κ2) is 8.91. The van der Waals surface area contributed by atoms with Crippen LogP contribution in [0.1, 0.15) is 20.3 Å². The van der Waals surface area contributed by atoms with Crippen LogP contribution < -0.4 is 0 Å². The third-order valence-electron chi connectivity index (χ3n) is 0.486. The summed E-state index contributed by atoms with van der Waals surface area (Å²) < 4.78 is 4.27. The van der Waals surface area contributed by atoms with Crippen LogP contribution in [-0.2, 0) is 16.3 Å². The molecule has 6 heteroatoms. The van der Waals surface area contributed by atoms with Gasteiger partial charge in [-0.1, -0.05) is 6.92 Å². The predicted octanol–water partition coefficient (Wildman–Crippen LogP) is 1.87. The first kappa shape index (κ1) is 14.3. The van der Waals surface area contributed by atoms with Crippen LogP contribution >= 0.6 is 18.3 Å². The Labute approximate surface area is 77.6 Å². The molecule has 0 bridgehead atoms. The first-order valence-corrected chi connectivity index (χ1v) is 6.40. The van der Waals surface area contributed by atoms with Gasteiger partial charge in [-0.25, -0.2) is 0 Å². The van der Waals surface area contributed by atoms with Crippen LogP contribution in [0.3, 0.4) is 0 Å². The van der Waals surface area contributed by atoms with Gasteiger partial charge >= 0.3 is 6.72 Å². The van der Waals surface area contributed by atoms with Gasteiger partial charge in [0.05, 0.1) is 6.61 Å². The van der Waals surface area contributed by atoms with Gasteiger partial charge in [0.25, 0.3) is 0 Å². The van der Waals surface area contributed by atoms with Crippen LogP contribution in [0.5, 0.6) is 0 Å². The molecule has 0 radical (unpaired) electrons. The van der Waals surface area contributed by atoms with E-state index >= 15 is 0 Å². The molecule has 0 unspecified atom stereocenters. The van der Waals surface area contributed by atoms with E-state index < -0.39 is 6.72 Å². The van der Waals surface area contributed by atoms with Crippen molar-refractivity contribution in [3.63, 3.8) is 0 Å². The second-order valence-corrected chi connectivity index (χ2v) is 4.64. The van der Waals surface area contributed by atoms with Crippen molar-refractivity contribution in [2.45, 2.75) is 20.3 Å². The molecule has 0 saturated carbocycles. The van der Waals surface area contributed by atoms with Crippen molar-refractivity contribution in [3.8, 4) is 0 Å². The zero-order chi connectivity index (χ0) is 9.33. The average Bonchev–Trinajstić information content (AvgIpc) is 1.86. The lowest BCUT2D eigenvalue weighted by Crippen LogP contribution is -1.84. The molecule has 0 aromatic rings. The van der Waals surface area contributed by atoms with Crippen molar-refractivity contribution in [1.82, 2.24) is 0 Å².